The van der Waals surface area contributed by atoms with Gasteiger partial charge in [0.1, 0.15) is 6.29 Å². The lowest BCUT2D eigenvalue weighted by Gasteiger charge is -2.13. The van der Waals surface area contributed by atoms with Gasteiger partial charge in [0, 0.05) is 0 Å². The van der Waals surface area contributed by atoms with Crippen molar-refractivity contribution in [1.29, 1.82) is 0 Å². The number of rotatable bonds is 1. The molecule has 0 aliphatic carbocycles. The van der Waals surface area contributed by atoms with Gasteiger partial charge in [0.15, 0.2) is 0 Å². The van der Waals surface area contributed by atoms with E-state index in [2.05, 4.69) is 5.32 Å². The van der Waals surface area contributed by atoms with E-state index in [1.807, 2.05) is 6.92 Å². The molecule has 1 N–H and O–H groups in total. The van der Waals surface area contributed by atoms with Crippen molar-refractivity contribution >= 4 is 18.7 Å². The van der Waals surface area contributed by atoms with Crippen molar-refractivity contribution < 1.29 is 4.79 Å². The highest BCUT2D eigenvalue weighted by molar-refractivity contribution is 5.85. The molecule has 0 amide bonds. The molecule has 0 aromatic rings. The van der Waals surface area contributed by atoms with Crippen molar-refractivity contribution in [2.75, 3.05) is 6.54 Å². The average molecular weight is 150 g/mol. The van der Waals surface area contributed by atoms with E-state index in [-0.39, 0.29) is 17.9 Å². The minimum Gasteiger partial charge on any atom is -0.305 e. The molecule has 1 heterocycles. The summed E-state index contributed by atoms with van der Waals surface area (Å²) in [6.07, 6.45) is 3.13. The Bertz CT molecular complexity index is 99.2. The second-order valence-corrected chi connectivity index (χ2v) is 2.57. The quantitative estimate of drug-likeness (QED) is 0.558. The lowest BCUT2D eigenvalue weighted by Crippen LogP contribution is -2.37. The SMILES string of the molecule is CC1(C=O)CCCN1.Cl. The maximum Gasteiger partial charge on any atom is 0.139 e. The van der Waals surface area contributed by atoms with Gasteiger partial charge in [-0.05, 0) is 26.3 Å². The molecule has 0 radical (unpaired) electrons. The van der Waals surface area contributed by atoms with Crippen LogP contribution in [0.5, 0.6) is 0 Å². The largest absolute Gasteiger partial charge is 0.305 e. The van der Waals surface area contributed by atoms with Crippen LogP contribution in [0.15, 0.2) is 0 Å². The molecule has 0 aromatic carbocycles. The summed E-state index contributed by atoms with van der Waals surface area (Å²) < 4.78 is 0. The normalized spacial score (nSPS) is 33.4. The van der Waals surface area contributed by atoms with Gasteiger partial charge in [-0.3, -0.25) is 0 Å². The Kier molecular flexibility index (Phi) is 3.15. The third-order valence-electron chi connectivity index (χ3n) is 1.66. The molecule has 1 rings (SSSR count). The molecule has 1 saturated heterocycles. The second kappa shape index (κ2) is 3.18. The van der Waals surface area contributed by atoms with E-state index in [0.29, 0.717) is 0 Å². The van der Waals surface area contributed by atoms with Gasteiger partial charge in [0.05, 0.1) is 5.54 Å². The van der Waals surface area contributed by atoms with Crippen molar-refractivity contribution in [3.63, 3.8) is 0 Å². The van der Waals surface area contributed by atoms with E-state index < -0.39 is 0 Å². The van der Waals surface area contributed by atoms with Crippen LogP contribution in [0.2, 0.25) is 0 Å². The third-order valence-corrected chi connectivity index (χ3v) is 1.66. The zero-order chi connectivity index (χ0) is 6.04. The highest BCUT2D eigenvalue weighted by atomic mass is 35.5. The Hall–Kier alpha value is -0.0800. The molecule has 1 fully saturated rings. The van der Waals surface area contributed by atoms with Gasteiger partial charge in [-0.1, -0.05) is 0 Å². The molecule has 9 heavy (non-hydrogen) atoms. The lowest BCUT2D eigenvalue weighted by molar-refractivity contribution is -0.112. The molecular weight excluding hydrogens is 138 g/mol. The van der Waals surface area contributed by atoms with Gasteiger partial charge in [-0.15, -0.1) is 12.4 Å². The molecule has 0 saturated carbocycles. The summed E-state index contributed by atoms with van der Waals surface area (Å²) in [4.78, 5) is 10.3. The van der Waals surface area contributed by atoms with Crippen molar-refractivity contribution in [2.24, 2.45) is 0 Å². The summed E-state index contributed by atoms with van der Waals surface area (Å²) in [5.41, 5.74) is -0.194. The Morgan fingerprint density at radius 1 is 1.67 bits per heavy atom. The lowest BCUT2D eigenvalue weighted by atomic mass is 10.0. The third kappa shape index (κ3) is 1.95. The van der Waals surface area contributed by atoms with E-state index in [0.717, 1.165) is 25.7 Å². The molecule has 3 heteroatoms. The summed E-state index contributed by atoms with van der Waals surface area (Å²) in [6.45, 7) is 2.93. The second-order valence-electron chi connectivity index (χ2n) is 2.57. The molecule has 1 atom stereocenters. The molecule has 1 unspecified atom stereocenters. The van der Waals surface area contributed by atoms with Crippen molar-refractivity contribution in [3.05, 3.63) is 0 Å². The van der Waals surface area contributed by atoms with Crippen LogP contribution < -0.4 is 5.32 Å². The number of carbonyl (C=O) groups is 1. The van der Waals surface area contributed by atoms with Gasteiger partial charge in [0.25, 0.3) is 0 Å². The fraction of sp³-hybridized carbons (Fsp3) is 0.833. The van der Waals surface area contributed by atoms with E-state index >= 15 is 0 Å². The standard InChI is InChI=1S/C6H11NO.ClH/c1-6(5-8)3-2-4-7-6;/h5,7H,2-4H2,1H3;1H. The summed E-state index contributed by atoms with van der Waals surface area (Å²) >= 11 is 0. The summed E-state index contributed by atoms with van der Waals surface area (Å²) in [5, 5.41) is 3.11. The number of carbonyl (C=O) groups excluding carboxylic acids is 1. The number of aldehydes is 1. The Balaban J connectivity index is 0.000000640. The minimum atomic E-state index is -0.194. The van der Waals surface area contributed by atoms with Gasteiger partial charge in [-0.2, -0.15) is 0 Å². The Labute approximate surface area is 61.4 Å². The van der Waals surface area contributed by atoms with Crippen LogP contribution in [-0.2, 0) is 4.79 Å². The predicted octanol–water partition coefficient (Wildman–Crippen LogP) is 0.749. The molecule has 0 spiro atoms. The summed E-state index contributed by atoms with van der Waals surface area (Å²) in [7, 11) is 0. The Morgan fingerprint density at radius 3 is 2.56 bits per heavy atom. The smallest absolute Gasteiger partial charge is 0.139 e. The highest BCUT2D eigenvalue weighted by Crippen LogP contribution is 2.14. The van der Waals surface area contributed by atoms with Crippen molar-refractivity contribution in [2.45, 2.75) is 25.3 Å². The summed E-state index contributed by atoms with van der Waals surface area (Å²) in [5.74, 6) is 0. The van der Waals surface area contributed by atoms with Crippen LogP contribution in [0.4, 0.5) is 0 Å². The van der Waals surface area contributed by atoms with Gasteiger partial charge >= 0.3 is 0 Å². The van der Waals surface area contributed by atoms with E-state index in [1.165, 1.54) is 0 Å². The summed E-state index contributed by atoms with van der Waals surface area (Å²) in [6, 6.07) is 0. The van der Waals surface area contributed by atoms with E-state index in [9.17, 15) is 4.79 Å². The first-order valence-corrected chi connectivity index (χ1v) is 2.98. The first-order chi connectivity index (χ1) is 3.77. The van der Waals surface area contributed by atoms with Gasteiger partial charge in [0.2, 0.25) is 0 Å². The maximum absolute atomic E-state index is 10.3. The molecule has 1 aliphatic rings. The Morgan fingerprint density at radius 2 is 2.33 bits per heavy atom. The monoisotopic (exact) mass is 149 g/mol. The molecule has 0 bridgehead atoms. The van der Waals surface area contributed by atoms with Crippen LogP contribution in [0, 0.1) is 0 Å². The topological polar surface area (TPSA) is 29.1 Å². The van der Waals surface area contributed by atoms with Crippen LogP contribution in [-0.4, -0.2) is 18.4 Å². The average Bonchev–Trinajstić information content (AvgIpc) is 2.17. The highest BCUT2D eigenvalue weighted by Gasteiger charge is 2.26. The number of hydrogen-bond acceptors (Lipinski definition) is 2. The van der Waals surface area contributed by atoms with Gasteiger partial charge < -0.3 is 10.1 Å². The molecule has 54 valence electrons. The van der Waals surface area contributed by atoms with E-state index in [1.54, 1.807) is 0 Å². The van der Waals surface area contributed by atoms with Gasteiger partial charge in [-0.25, -0.2) is 0 Å². The molecular formula is C6H12ClNO. The van der Waals surface area contributed by atoms with Crippen molar-refractivity contribution in [3.8, 4) is 0 Å². The van der Waals surface area contributed by atoms with E-state index in [4.69, 9.17) is 0 Å². The minimum absolute atomic E-state index is 0. The molecule has 1 aliphatic heterocycles. The number of halogens is 1. The predicted molar refractivity (Wildman–Crippen MR) is 39.0 cm³/mol. The number of nitrogens with one attached hydrogen (secondary N) is 1. The van der Waals surface area contributed by atoms with Crippen LogP contribution in [0.3, 0.4) is 0 Å². The van der Waals surface area contributed by atoms with Crippen molar-refractivity contribution in [1.82, 2.24) is 5.32 Å². The molecule has 2 nitrogen and oxygen atoms in total. The zero-order valence-electron chi connectivity index (χ0n) is 5.52. The molecule has 0 aromatic heterocycles. The number of hydrogen-bond donors (Lipinski definition) is 1. The fourth-order valence-electron chi connectivity index (χ4n) is 1.02. The first-order valence-electron chi connectivity index (χ1n) is 2.98. The first kappa shape index (κ1) is 8.92. The van der Waals surface area contributed by atoms with Crippen LogP contribution >= 0.6 is 12.4 Å². The van der Waals surface area contributed by atoms with Crippen LogP contribution in [0.1, 0.15) is 19.8 Å². The maximum atomic E-state index is 10.3. The zero-order valence-corrected chi connectivity index (χ0v) is 6.33. The van der Waals surface area contributed by atoms with Crippen LogP contribution in [0.25, 0.3) is 0 Å². The fourth-order valence-corrected chi connectivity index (χ4v) is 1.02.